The Morgan fingerprint density at radius 2 is 1.86 bits per heavy atom. The number of aryl methyl sites for hydroxylation is 1. The van der Waals surface area contributed by atoms with Gasteiger partial charge in [0.2, 0.25) is 5.91 Å². The topological polar surface area (TPSA) is 66.4 Å². The summed E-state index contributed by atoms with van der Waals surface area (Å²) in [5.41, 5.74) is -0.0844. The fourth-order valence-corrected chi connectivity index (χ4v) is 2.22. The highest BCUT2D eigenvalue weighted by atomic mass is 16.4. The molecule has 1 amide bonds. The molecular weight excluding hydrogens is 266 g/mol. The average Bonchev–Trinajstić information content (AvgIpc) is 2.46. The number of unbranched alkanes of at least 4 members (excludes halogenated alkanes) is 2. The van der Waals surface area contributed by atoms with E-state index in [9.17, 15) is 14.7 Å². The maximum absolute atomic E-state index is 12.0. The number of carbonyl (C=O) groups excluding carboxylic acids is 1. The maximum Gasteiger partial charge on any atom is 0.329 e. The van der Waals surface area contributed by atoms with Crippen LogP contribution < -0.4 is 5.32 Å². The Morgan fingerprint density at radius 3 is 2.43 bits per heavy atom. The van der Waals surface area contributed by atoms with E-state index < -0.39 is 11.5 Å². The largest absolute Gasteiger partial charge is 0.480 e. The van der Waals surface area contributed by atoms with Crippen molar-refractivity contribution in [1.29, 1.82) is 0 Å². The molecule has 0 aliphatic carbocycles. The number of carboxylic acids is 1. The van der Waals surface area contributed by atoms with Gasteiger partial charge >= 0.3 is 5.97 Å². The smallest absolute Gasteiger partial charge is 0.329 e. The third kappa shape index (κ3) is 5.98. The van der Waals surface area contributed by atoms with Gasteiger partial charge in [-0.15, -0.1) is 0 Å². The third-order valence-corrected chi connectivity index (χ3v) is 3.65. The normalized spacial score (nSPS) is 13.4. The molecule has 0 saturated heterocycles. The summed E-state index contributed by atoms with van der Waals surface area (Å²) >= 11 is 0. The molecule has 0 radical (unpaired) electrons. The molecule has 1 aromatic carbocycles. The van der Waals surface area contributed by atoms with Gasteiger partial charge in [-0.05, 0) is 25.3 Å². The molecule has 2 N–H and O–H groups in total. The van der Waals surface area contributed by atoms with Crippen molar-refractivity contribution in [2.45, 2.75) is 57.9 Å². The summed E-state index contributed by atoms with van der Waals surface area (Å²) in [4.78, 5) is 23.4. The van der Waals surface area contributed by atoms with Crippen LogP contribution in [0, 0.1) is 0 Å². The Hall–Kier alpha value is -1.84. The third-order valence-electron chi connectivity index (χ3n) is 3.65. The lowest BCUT2D eigenvalue weighted by Gasteiger charge is -2.26. The average molecular weight is 291 g/mol. The minimum atomic E-state index is -1.16. The van der Waals surface area contributed by atoms with E-state index in [4.69, 9.17) is 0 Å². The van der Waals surface area contributed by atoms with Crippen molar-refractivity contribution in [2.24, 2.45) is 0 Å². The minimum Gasteiger partial charge on any atom is -0.480 e. The zero-order valence-electron chi connectivity index (χ0n) is 12.9. The van der Waals surface area contributed by atoms with Crippen LogP contribution in [0.2, 0.25) is 0 Å². The number of hydrogen-bond donors (Lipinski definition) is 2. The van der Waals surface area contributed by atoms with Crippen LogP contribution in [0.4, 0.5) is 0 Å². The Morgan fingerprint density at radius 1 is 1.19 bits per heavy atom. The predicted octanol–water partition coefficient (Wildman–Crippen LogP) is 3.16. The molecule has 0 fully saturated rings. The van der Waals surface area contributed by atoms with Gasteiger partial charge in [0, 0.05) is 6.42 Å². The number of nitrogens with one attached hydrogen (secondary N) is 1. The van der Waals surface area contributed by atoms with Crippen LogP contribution in [0.25, 0.3) is 0 Å². The van der Waals surface area contributed by atoms with E-state index in [1.807, 2.05) is 30.3 Å². The number of carboxylic acid groups (broad SMARTS) is 1. The Kier molecular flexibility index (Phi) is 6.92. The van der Waals surface area contributed by atoms with Crippen LogP contribution in [-0.4, -0.2) is 22.5 Å². The number of hydrogen-bond acceptors (Lipinski definition) is 2. The molecule has 0 spiro atoms. The van der Waals surface area contributed by atoms with Gasteiger partial charge in [0.15, 0.2) is 0 Å². The van der Waals surface area contributed by atoms with Crippen LogP contribution in [-0.2, 0) is 16.0 Å². The van der Waals surface area contributed by atoms with Gasteiger partial charge in [-0.25, -0.2) is 4.79 Å². The number of carbonyl (C=O) groups is 2. The summed E-state index contributed by atoms with van der Waals surface area (Å²) in [6.07, 6.45) is 4.20. The van der Waals surface area contributed by atoms with Crippen molar-refractivity contribution in [3.63, 3.8) is 0 Å². The van der Waals surface area contributed by atoms with Gasteiger partial charge < -0.3 is 10.4 Å². The van der Waals surface area contributed by atoms with Crippen molar-refractivity contribution in [1.82, 2.24) is 5.32 Å². The first kappa shape index (κ1) is 17.2. The fraction of sp³-hybridized carbons (Fsp3) is 0.529. The maximum atomic E-state index is 12.0. The van der Waals surface area contributed by atoms with E-state index in [2.05, 4.69) is 12.2 Å². The number of amides is 1. The second-order valence-corrected chi connectivity index (χ2v) is 5.63. The van der Waals surface area contributed by atoms with Crippen molar-refractivity contribution in [3.8, 4) is 0 Å². The van der Waals surface area contributed by atoms with Gasteiger partial charge in [0.25, 0.3) is 0 Å². The van der Waals surface area contributed by atoms with Gasteiger partial charge in [-0.1, -0.05) is 56.5 Å². The summed E-state index contributed by atoms with van der Waals surface area (Å²) < 4.78 is 0. The van der Waals surface area contributed by atoms with Crippen molar-refractivity contribution in [2.75, 3.05) is 0 Å². The van der Waals surface area contributed by atoms with E-state index in [-0.39, 0.29) is 5.91 Å². The van der Waals surface area contributed by atoms with E-state index >= 15 is 0 Å². The molecule has 116 valence electrons. The molecule has 4 nitrogen and oxygen atoms in total. The van der Waals surface area contributed by atoms with Crippen LogP contribution >= 0.6 is 0 Å². The van der Waals surface area contributed by atoms with E-state index in [0.29, 0.717) is 19.3 Å². The van der Waals surface area contributed by atoms with Crippen molar-refractivity contribution < 1.29 is 14.7 Å². The number of rotatable bonds is 9. The molecule has 1 unspecified atom stereocenters. The van der Waals surface area contributed by atoms with Crippen molar-refractivity contribution >= 4 is 11.9 Å². The molecular formula is C17H25NO3. The minimum absolute atomic E-state index is 0.208. The number of benzene rings is 1. The summed E-state index contributed by atoms with van der Waals surface area (Å²) in [6.45, 7) is 3.65. The SMILES string of the molecule is CCCCCC(C)(NC(=O)CCc1ccccc1)C(=O)O. The lowest BCUT2D eigenvalue weighted by molar-refractivity contribution is -0.147. The zero-order chi connectivity index (χ0) is 15.7. The molecule has 0 heterocycles. The molecule has 0 aromatic heterocycles. The molecule has 0 aliphatic heterocycles. The highest BCUT2D eigenvalue weighted by Gasteiger charge is 2.33. The van der Waals surface area contributed by atoms with Crippen LogP contribution in [0.1, 0.15) is 51.5 Å². The summed E-state index contributed by atoms with van der Waals surface area (Å²) in [7, 11) is 0. The quantitative estimate of drug-likeness (QED) is 0.687. The summed E-state index contributed by atoms with van der Waals surface area (Å²) in [5, 5.41) is 12.0. The van der Waals surface area contributed by atoms with E-state index in [1.165, 1.54) is 0 Å². The molecule has 0 bridgehead atoms. The predicted molar refractivity (Wildman–Crippen MR) is 83.1 cm³/mol. The first-order valence-electron chi connectivity index (χ1n) is 7.56. The van der Waals surface area contributed by atoms with Crippen LogP contribution in [0.3, 0.4) is 0 Å². The van der Waals surface area contributed by atoms with Gasteiger partial charge in [0.05, 0.1) is 0 Å². The highest BCUT2D eigenvalue weighted by molar-refractivity contribution is 5.86. The molecule has 0 aliphatic rings. The standard InChI is InChI=1S/C17H25NO3/c1-3-4-8-13-17(2,16(20)21)18-15(19)12-11-14-9-6-5-7-10-14/h5-7,9-10H,3-4,8,11-13H2,1-2H3,(H,18,19)(H,20,21). The van der Waals surface area contributed by atoms with Crippen LogP contribution in [0.15, 0.2) is 30.3 Å². The molecule has 1 aromatic rings. The molecule has 1 rings (SSSR count). The molecule has 4 heteroatoms. The second-order valence-electron chi connectivity index (χ2n) is 5.63. The Labute approximate surface area is 126 Å². The van der Waals surface area contributed by atoms with Crippen LogP contribution in [0.5, 0.6) is 0 Å². The number of aliphatic carboxylic acids is 1. The summed E-state index contributed by atoms with van der Waals surface area (Å²) in [5.74, 6) is -1.17. The van der Waals surface area contributed by atoms with Crippen molar-refractivity contribution in [3.05, 3.63) is 35.9 Å². The first-order chi connectivity index (χ1) is 9.98. The second kappa shape index (κ2) is 8.45. The Balaban J connectivity index is 2.50. The molecule has 21 heavy (non-hydrogen) atoms. The van der Waals surface area contributed by atoms with E-state index in [1.54, 1.807) is 6.92 Å². The first-order valence-corrected chi connectivity index (χ1v) is 7.56. The lowest BCUT2D eigenvalue weighted by atomic mass is 9.94. The fourth-order valence-electron chi connectivity index (χ4n) is 2.22. The monoisotopic (exact) mass is 291 g/mol. The summed E-state index contributed by atoms with van der Waals surface area (Å²) in [6, 6.07) is 9.72. The zero-order valence-corrected chi connectivity index (χ0v) is 12.9. The van der Waals surface area contributed by atoms with E-state index in [0.717, 1.165) is 24.8 Å². The molecule has 0 saturated carbocycles. The highest BCUT2D eigenvalue weighted by Crippen LogP contribution is 2.16. The lowest BCUT2D eigenvalue weighted by Crippen LogP contribution is -2.52. The van der Waals surface area contributed by atoms with Gasteiger partial charge in [-0.2, -0.15) is 0 Å². The molecule has 1 atom stereocenters. The Bertz CT molecular complexity index is 458. The van der Waals surface area contributed by atoms with Gasteiger partial charge in [0.1, 0.15) is 5.54 Å². The van der Waals surface area contributed by atoms with Gasteiger partial charge in [-0.3, -0.25) is 4.79 Å².